The van der Waals surface area contributed by atoms with Gasteiger partial charge in [-0.1, -0.05) is 137 Å². The number of primary amides is 1. The zero-order valence-electron chi connectivity index (χ0n) is 64.6. The summed E-state index contributed by atoms with van der Waals surface area (Å²) in [6, 6.07) is 8.41. The van der Waals surface area contributed by atoms with Crippen LogP contribution in [0, 0.1) is 53.3 Å². The Morgan fingerprint density at radius 2 is 0.859 bits per heavy atom. The Bertz CT molecular complexity index is 2310. The number of anilines is 1. The number of hydrogen-bond acceptors (Lipinski definition) is 17. The molecule has 5 fully saturated rings. The SMILES string of the molecule is CC(C)C(=O)N1CCN(CCO)CC1.CC(C)C(=O)NC1CC1.CC(C)C(=O)NC1CCN(C)CC1.CC(C)C(=O)NC1CCOCC1.CC(C)C(=O)NCCCN1CCOCC1.CC(C)C(=O)Nc1ccc(CO)cc1.CC(C)C(=O)O.CC(C)C(N)=O.CC(O)CNC(=O)C(C)C. The van der Waals surface area contributed by atoms with Crippen LogP contribution in [0.25, 0.3) is 0 Å². The molecule has 1 unspecified atom stereocenters. The molecule has 12 N–H and O–H groups in total. The van der Waals surface area contributed by atoms with Gasteiger partial charge in [0.15, 0.2) is 0 Å². The molecule has 26 heteroatoms. The van der Waals surface area contributed by atoms with Crippen molar-refractivity contribution in [1.82, 2.24) is 46.2 Å². The number of carboxylic acids is 1. The van der Waals surface area contributed by atoms with Crippen LogP contribution in [0.4, 0.5) is 5.69 Å². The quantitative estimate of drug-likeness (QED) is 0.0617. The molecule has 0 aromatic heterocycles. The van der Waals surface area contributed by atoms with Crippen molar-refractivity contribution in [3.63, 3.8) is 0 Å². The minimum Gasteiger partial charge on any atom is -0.481 e. The summed E-state index contributed by atoms with van der Waals surface area (Å²) in [6.45, 7) is 49.0. The van der Waals surface area contributed by atoms with Crippen molar-refractivity contribution in [3.8, 4) is 0 Å². The third-order valence-electron chi connectivity index (χ3n) is 15.4. The standard InChI is InChI=1S/C11H22N2O2.C11H15NO2.C10H20N2O2.C10H20N2O.C9H17NO2.C7H15NO2.C7H13NO.C4H9NO.C4H8O2/c1-10(2)11(14)12-4-3-5-13-6-8-15-9-7-13;1-8(2)11(14)12-10-5-3-9(7-13)4-6-10;1-9(2)10(14)12-5-3-11(4-6-12)7-8-13;1-8(2)10(13)11-9-4-6-12(3)7-5-9;1-7(2)9(11)10-8-3-5-12-6-4-8;1-5(2)7(10)8-4-6(3)9;1-5(2)7(9)8-6-3-4-6;2*1-3(2)4(5)6/h10H,3-9H2,1-2H3,(H,12,14);3-6,8,13H,7H2,1-2H3,(H,12,14);9,13H,3-8H2,1-2H3;8-9H,4-7H2,1-3H3,(H,11,13);7-8H,3-6H2,1-2H3,(H,10,11);5-6,9H,4H2,1-3H3,(H,8,10);5-6H,3-4H2,1-2H3,(H,8,9);3H,1-2H3,(H2,5,6);3H,1-2H3,(H,5,6). The summed E-state index contributed by atoms with van der Waals surface area (Å²) in [4.78, 5) is 107. The van der Waals surface area contributed by atoms with Crippen LogP contribution < -0.4 is 37.6 Å². The maximum atomic E-state index is 11.6. The van der Waals surface area contributed by atoms with Gasteiger partial charge in [0.25, 0.3) is 0 Å². The van der Waals surface area contributed by atoms with Gasteiger partial charge in [0.2, 0.25) is 47.3 Å². The van der Waals surface area contributed by atoms with Gasteiger partial charge in [0.05, 0.1) is 38.4 Å². The number of rotatable bonds is 22. The van der Waals surface area contributed by atoms with Crippen molar-refractivity contribution in [2.45, 2.75) is 207 Å². The summed E-state index contributed by atoms with van der Waals surface area (Å²) in [7, 11) is 2.13. The summed E-state index contributed by atoms with van der Waals surface area (Å²) in [5, 5.41) is 51.6. The molecule has 26 nitrogen and oxygen atoms in total. The van der Waals surface area contributed by atoms with Gasteiger partial charge in [-0.05, 0) is 96.2 Å². The Hall–Kier alpha value is -5.87. The zero-order chi connectivity index (χ0) is 76.3. The molecule has 576 valence electrons. The molecule has 8 amide bonds. The number of carbonyl (C=O) groups excluding carboxylic acids is 8. The first-order valence-electron chi connectivity index (χ1n) is 36.2. The van der Waals surface area contributed by atoms with E-state index >= 15 is 0 Å². The van der Waals surface area contributed by atoms with Crippen LogP contribution in [0.5, 0.6) is 0 Å². The van der Waals surface area contributed by atoms with Crippen molar-refractivity contribution < 1.29 is 73.1 Å². The number of likely N-dealkylation sites (tertiary alicyclic amines) is 1. The van der Waals surface area contributed by atoms with Crippen molar-refractivity contribution in [2.75, 3.05) is 124 Å². The number of amides is 8. The first-order chi connectivity index (χ1) is 46.3. The number of nitrogens with zero attached hydrogens (tertiary/aromatic N) is 4. The fraction of sp³-hybridized carbons (Fsp3) is 0.795. The lowest BCUT2D eigenvalue weighted by molar-refractivity contribution is -0.140. The molecule has 1 aliphatic carbocycles. The normalized spacial score (nSPS) is 16.1. The molecular formula is C73H139N11O15. The Morgan fingerprint density at radius 1 is 0.475 bits per heavy atom. The van der Waals surface area contributed by atoms with Gasteiger partial charge in [-0.15, -0.1) is 0 Å². The fourth-order valence-electron chi connectivity index (χ4n) is 8.00. The average molecular weight is 1410 g/mol. The molecule has 6 rings (SSSR count). The van der Waals surface area contributed by atoms with E-state index in [-0.39, 0.29) is 114 Å². The summed E-state index contributed by atoms with van der Waals surface area (Å²) in [5.41, 5.74) is 6.40. The maximum absolute atomic E-state index is 11.6. The minimum atomic E-state index is -0.741. The molecule has 99 heavy (non-hydrogen) atoms. The number of piperidine rings is 1. The lowest BCUT2D eigenvalue weighted by atomic mass is 10.0. The van der Waals surface area contributed by atoms with Crippen LogP contribution in [-0.2, 0) is 59.2 Å². The molecule has 0 spiro atoms. The lowest BCUT2D eigenvalue weighted by Gasteiger charge is -2.35. The van der Waals surface area contributed by atoms with Crippen LogP contribution in [0.1, 0.15) is 182 Å². The van der Waals surface area contributed by atoms with Gasteiger partial charge < -0.3 is 77.3 Å². The average Bonchev–Trinajstić information content (AvgIpc) is 1.49. The van der Waals surface area contributed by atoms with Gasteiger partial charge in [0, 0.05) is 143 Å². The number of aliphatic carboxylic acids is 1. The van der Waals surface area contributed by atoms with Gasteiger partial charge in [-0.3, -0.25) is 53.0 Å². The highest BCUT2D eigenvalue weighted by Gasteiger charge is 2.25. The van der Waals surface area contributed by atoms with Crippen molar-refractivity contribution in [2.24, 2.45) is 59.0 Å². The van der Waals surface area contributed by atoms with Crippen LogP contribution in [0.15, 0.2) is 24.3 Å². The molecular weight excluding hydrogens is 1270 g/mol. The second kappa shape index (κ2) is 57.7. The molecule has 0 bridgehead atoms. The topological polar surface area (TPSA) is 364 Å². The predicted octanol–water partition coefficient (Wildman–Crippen LogP) is 5.74. The Labute approximate surface area is 595 Å². The Balaban J connectivity index is -0.00000106. The summed E-state index contributed by atoms with van der Waals surface area (Å²) in [6.07, 6.45) is 7.03. The molecule has 4 saturated heterocycles. The van der Waals surface area contributed by atoms with Crippen LogP contribution >= 0.6 is 0 Å². The third kappa shape index (κ3) is 55.5. The van der Waals surface area contributed by atoms with E-state index in [1.807, 2.05) is 102 Å². The van der Waals surface area contributed by atoms with E-state index in [9.17, 15) is 43.2 Å². The third-order valence-corrected chi connectivity index (χ3v) is 15.4. The summed E-state index contributed by atoms with van der Waals surface area (Å²) in [5.74, 6) is 0.208. The lowest BCUT2D eigenvalue weighted by Crippen LogP contribution is -2.50. The van der Waals surface area contributed by atoms with E-state index in [1.54, 1.807) is 58.9 Å². The summed E-state index contributed by atoms with van der Waals surface area (Å²) < 4.78 is 10.5. The minimum absolute atomic E-state index is 0.00116. The van der Waals surface area contributed by atoms with Crippen molar-refractivity contribution >= 4 is 58.9 Å². The second-order valence-corrected chi connectivity index (χ2v) is 28.3. The maximum Gasteiger partial charge on any atom is 0.305 e. The summed E-state index contributed by atoms with van der Waals surface area (Å²) >= 11 is 0. The largest absolute Gasteiger partial charge is 0.481 e. The smallest absolute Gasteiger partial charge is 0.305 e. The molecule has 1 aromatic rings. The first kappa shape index (κ1) is 97.3. The highest BCUT2D eigenvalue weighted by atomic mass is 16.5. The van der Waals surface area contributed by atoms with Gasteiger partial charge in [-0.2, -0.15) is 0 Å². The van der Waals surface area contributed by atoms with Gasteiger partial charge in [-0.25, -0.2) is 0 Å². The number of hydrogen-bond donors (Lipinski definition) is 11. The van der Waals surface area contributed by atoms with Crippen molar-refractivity contribution in [3.05, 3.63) is 29.8 Å². The van der Waals surface area contributed by atoms with E-state index in [4.69, 9.17) is 35.6 Å². The number of carbonyl (C=O) groups is 9. The number of benzene rings is 1. The van der Waals surface area contributed by atoms with Gasteiger partial charge >= 0.3 is 5.97 Å². The van der Waals surface area contributed by atoms with E-state index in [1.165, 1.54) is 12.8 Å². The van der Waals surface area contributed by atoms with E-state index in [0.717, 1.165) is 142 Å². The fourth-order valence-corrected chi connectivity index (χ4v) is 8.00. The van der Waals surface area contributed by atoms with Crippen molar-refractivity contribution in [1.29, 1.82) is 0 Å². The number of carboxylic acid groups (broad SMARTS) is 1. The molecule has 1 saturated carbocycles. The number of β-amino-alcohol motifs (C(OH)–C–C–N with tert-alkyl or cyclic N) is 1. The molecule has 4 heterocycles. The Kier molecular flexibility index (Phi) is 56.7. The molecule has 0 radical (unpaired) electrons. The first-order valence-corrected chi connectivity index (χ1v) is 36.2. The number of nitrogens with one attached hydrogen (secondary N) is 6. The number of aliphatic hydroxyl groups is 3. The number of aliphatic hydroxyl groups excluding tert-OH is 3. The van der Waals surface area contributed by atoms with E-state index in [2.05, 4.69) is 53.6 Å². The number of morpholine rings is 1. The molecule has 5 aliphatic rings. The van der Waals surface area contributed by atoms with Crippen LogP contribution in [0.2, 0.25) is 0 Å². The second-order valence-electron chi connectivity index (χ2n) is 28.3. The molecule has 4 aliphatic heterocycles. The van der Waals surface area contributed by atoms with Gasteiger partial charge in [0.1, 0.15) is 0 Å². The van der Waals surface area contributed by atoms with E-state index in [0.29, 0.717) is 24.7 Å². The zero-order valence-corrected chi connectivity index (χ0v) is 64.6. The Morgan fingerprint density at radius 3 is 1.21 bits per heavy atom. The molecule has 1 aromatic carbocycles. The highest BCUT2D eigenvalue weighted by molar-refractivity contribution is 5.92. The molecule has 1 atom stereocenters. The number of ether oxygens (including phenoxy) is 2. The van der Waals surface area contributed by atoms with Crippen LogP contribution in [-0.4, -0.2) is 236 Å². The monoisotopic (exact) mass is 1410 g/mol. The number of nitrogens with two attached hydrogens (primary N) is 1. The van der Waals surface area contributed by atoms with Crippen LogP contribution in [0.3, 0.4) is 0 Å². The van der Waals surface area contributed by atoms with E-state index < -0.39 is 12.1 Å². The highest BCUT2D eigenvalue weighted by Crippen LogP contribution is 2.19. The number of piperazine rings is 1. The predicted molar refractivity (Wildman–Crippen MR) is 393 cm³/mol.